The van der Waals surface area contributed by atoms with Gasteiger partial charge in [0.2, 0.25) is 0 Å². The zero-order valence-electron chi connectivity index (χ0n) is 6.71. The minimum absolute atomic E-state index is 0.213. The predicted molar refractivity (Wildman–Crippen MR) is 41.3 cm³/mol. The topological polar surface area (TPSA) is 0 Å². The highest BCUT2D eigenvalue weighted by atomic mass is 14.1. The maximum atomic E-state index is 3.46. The summed E-state index contributed by atoms with van der Waals surface area (Å²) >= 11 is 0. The lowest BCUT2D eigenvalue weighted by Crippen LogP contribution is -2.04. The summed E-state index contributed by atoms with van der Waals surface area (Å²) < 4.78 is 0. The standard InChI is InChI=1S/C9H14/c1-6-7-8(2)9(3,4)5/h1H2,2-5H3. The van der Waals surface area contributed by atoms with Crippen LogP contribution in [0.4, 0.5) is 0 Å². The average Bonchev–Trinajstić information content (AvgIpc) is 1.64. The lowest BCUT2D eigenvalue weighted by atomic mass is 9.88. The molecule has 0 aromatic heterocycles. The van der Waals surface area contributed by atoms with Gasteiger partial charge in [-0.15, -0.1) is 0 Å². The Bertz CT molecular complexity index is 167. The van der Waals surface area contributed by atoms with E-state index in [9.17, 15) is 0 Å². The molecule has 0 aliphatic heterocycles. The van der Waals surface area contributed by atoms with E-state index in [1.54, 1.807) is 0 Å². The Kier molecular flexibility index (Phi) is 2.52. The van der Waals surface area contributed by atoms with E-state index in [1.807, 2.05) is 6.92 Å². The third kappa shape index (κ3) is 2.98. The molecule has 0 heterocycles. The Labute approximate surface area is 57.6 Å². The summed E-state index contributed by atoms with van der Waals surface area (Å²) in [5.74, 6) is 0. The molecule has 0 nitrogen and oxygen atoms in total. The van der Waals surface area contributed by atoms with E-state index in [-0.39, 0.29) is 5.41 Å². The van der Waals surface area contributed by atoms with Crippen LogP contribution >= 0.6 is 0 Å². The van der Waals surface area contributed by atoms with Crippen LogP contribution in [-0.2, 0) is 0 Å². The van der Waals surface area contributed by atoms with Gasteiger partial charge in [-0.05, 0) is 24.5 Å². The van der Waals surface area contributed by atoms with E-state index >= 15 is 0 Å². The van der Waals surface area contributed by atoms with Crippen molar-refractivity contribution in [2.24, 2.45) is 5.41 Å². The third-order valence-corrected chi connectivity index (χ3v) is 1.40. The molecule has 0 aliphatic rings. The van der Waals surface area contributed by atoms with E-state index in [0.717, 1.165) is 0 Å². The summed E-state index contributed by atoms with van der Waals surface area (Å²) in [6, 6.07) is 0. The molecule has 9 heavy (non-hydrogen) atoms. The highest BCUT2D eigenvalue weighted by molar-refractivity contribution is 5.05. The molecule has 0 rings (SSSR count). The van der Waals surface area contributed by atoms with Gasteiger partial charge < -0.3 is 0 Å². The van der Waals surface area contributed by atoms with Gasteiger partial charge in [-0.2, -0.15) is 0 Å². The first kappa shape index (κ1) is 8.30. The minimum atomic E-state index is 0.213. The van der Waals surface area contributed by atoms with Crippen LogP contribution in [0, 0.1) is 5.41 Å². The molecule has 0 aromatic rings. The first-order chi connectivity index (χ1) is 3.98. The summed E-state index contributed by atoms with van der Waals surface area (Å²) in [4.78, 5) is 0. The molecule has 0 atom stereocenters. The smallest absolute Gasteiger partial charge is 0.00935 e. The first-order valence-corrected chi connectivity index (χ1v) is 3.10. The molecule has 0 aliphatic carbocycles. The minimum Gasteiger partial charge on any atom is -0.0782 e. The highest BCUT2D eigenvalue weighted by Gasteiger charge is 2.10. The molecule has 0 radical (unpaired) electrons. The van der Waals surface area contributed by atoms with Gasteiger partial charge in [0, 0.05) is 0 Å². The molecule has 0 amide bonds. The third-order valence-electron chi connectivity index (χ3n) is 1.40. The largest absolute Gasteiger partial charge is 0.0782 e. The lowest BCUT2D eigenvalue weighted by molar-refractivity contribution is 0.505. The van der Waals surface area contributed by atoms with Gasteiger partial charge in [-0.1, -0.05) is 32.2 Å². The van der Waals surface area contributed by atoms with Crippen LogP contribution in [0.5, 0.6) is 0 Å². The molecule has 0 fully saturated rings. The van der Waals surface area contributed by atoms with Crippen LogP contribution < -0.4 is 0 Å². The van der Waals surface area contributed by atoms with Crippen LogP contribution in [0.15, 0.2) is 23.6 Å². The van der Waals surface area contributed by atoms with Gasteiger partial charge in [-0.3, -0.25) is 0 Å². The molecular formula is C9H14. The van der Waals surface area contributed by atoms with Gasteiger partial charge in [0.1, 0.15) is 0 Å². The Morgan fingerprint density at radius 2 is 1.78 bits per heavy atom. The van der Waals surface area contributed by atoms with Crippen molar-refractivity contribution in [3.8, 4) is 0 Å². The van der Waals surface area contributed by atoms with Gasteiger partial charge >= 0.3 is 0 Å². The SMILES string of the molecule is C=C=C=C(C)C(C)(C)C. The van der Waals surface area contributed by atoms with E-state index in [0.29, 0.717) is 0 Å². The molecule has 0 saturated carbocycles. The van der Waals surface area contributed by atoms with Crippen LogP contribution in [0.3, 0.4) is 0 Å². The summed E-state index contributed by atoms with van der Waals surface area (Å²) in [5, 5.41) is 0. The molecule has 0 heteroatoms. The number of hydrogen-bond donors (Lipinski definition) is 0. The molecular weight excluding hydrogens is 108 g/mol. The molecule has 0 unspecified atom stereocenters. The lowest BCUT2D eigenvalue weighted by Gasteiger charge is -2.15. The monoisotopic (exact) mass is 122 g/mol. The van der Waals surface area contributed by atoms with Crippen LogP contribution in [0.2, 0.25) is 0 Å². The summed E-state index contributed by atoms with van der Waals surface area (Å²) in [6.45, 7) is 11.9. The van der Waals surface area contributed by atoms with Crippen LogP contribution in [0.25, 0.3) is 0 Å². The maximum Gasteiger partial charge on any atom is -0.00935 e. The van der Waals surface area contributed by atoms with Crippen molar-refractivity contribution in [3.63, 3.8) is 0 Å². The van der Waals surface area contributed by atoms with E-state index in [2.05, 4.69) is 38.8 Å². The van der Waals surface area contributed by atoms with Gasteiger partial charge in [-0.25, -0.2) is 0 Å². The van der Waals surface area contributed by atoms with E-state index in [1.165, 1.54) is 5.57 Å². The number of hydrogen-bond acceptors (Lipinski definition) is 0. The normalized spacial score (nSPS) is 9.78. The molecule has 0 bridgehead atoms. The predicted octanol–water partition coefficient (Wildman–Crippen LogP) is 2.92. The van der Waals surface area contributed by atoms with Crippen LogP contribution in [0.1, 0.15) is 27.7 Å². The van der Waals surface area contributed by atoms with E-state index < -0.39 is 0 Å². The van der Waals surface area contributed by atoms with Crippen molar-refractivity contribution in [2.75, 3.05) is 0 Å². The van der Waals surface area contributed by atoms with E-state index in [4.69, 9.17) is 0 Å². The first-order valence-electron chi connectivity index (χ1n) is 3.10. The molecule has 0 aromatic carbocycles. The van der Waals surface area contributed by atoms with Crippen molar-refractivity contribution in [2.45, 2.75) is 27.7 Å². The molecule has 50 valence electrons. The summed E-state index contributed by atoms with van der Waals surface area (Å²) in [7, 11) is 0. The number of rotatable bonds is 0. The Morgan fingerprint density at radius 3 is 1.89 bits per heavy atom. The zero-order valence-corrected chi connectivity index (χ0v) is 6.71. The molecule has 0 saturated heterocycles. The second-order valence-electron chi connectivity index (χ2n) is 3.18. The zero-order chi connectivity index (χ0) is 7.49. The number of allylic oxidation sites excluding steroid dienone is 1. The van der Waals surface area contributed by atoms with Gasteiger partial charge in [0.05, 0.1) is 0 Å². The van der Waals surface area contributed by atoms with Crippen molar-refractivity contribution in [3.05, 3.63) is 23.6 Å². The van der Waals surface area contributed by atoms with Gasteiger partial charge in [0.15, 0.2) is 0 Å². The fourth-order valence-corrected chi connectivity index (χ4v) is 0.320. The fraction of sp³-hybridized carbons (Fsp3) is 0.556. The Balaban J connectivity index is 4.60. The molecule has 0 spiro atoms. The second-order valence-corrected chi connectivity index (χ2v) is 3.18. The fourth-order valence-electron chi connectivity index (χ4n) is 0.320. The average molecular weight is 122 g/mol. The van der Waals surface area contributed by atoms with Crippen molar-refractivity contribution < 1.29 is 0 Å². The highest BCUT2D eigenvalue weighted by Crippen LogP contribution is 2.22. The second kappa shape index (κ2) is 2.73. The summed E-state index contributed by atoms with van der Waals surface area (Å²) in [6.07, 6.45) is 0. The maximum absolute atomic E-state index is 3.46. The van der Waals surface area contributed by atoms with Crippen molar-refractivity contribution in [1.29, 1.82) is 0 Å². The molecule has 0 N–H and O–H groups in total. The van der Waals surface area contributed by atoms with Crippen LogP contribution in [-0.4, -0.2) is 0 Å². The Morgan fingerprint density at radius 1 is 1.33 bits per heavy atom. The Hall–Kier alpha value is -0.700. The van der Waals surface area contributed by atoms with Crippen molar-refractivity contribution >= 4 is 0 Å². The quantitative estimate of drug-likeness (QED) is 0.433. The van der Waals surface area contributed by atoms with Crippen molar-refractivity contribution in [1.82, 2.24) is 0 Å². The summed E-state index contributed by atoms with van der Waals surface area (Å²) in [5.41, 5.74) is 6.98. The van der Waals surface area contributed by atoms with Gasteiger partial charge in [0.25, 0.3) is 0 Å².